The molecule has 3 heteroatoms. The summed E-state index contributed by atoms with van der Waals surface area (Å²) in [7, 11) is 0. The van der Waals surface area contributed by atoms with Gasteiger partial charge in [0.25, 0.3) is 0 Å². The number of benzene rings is 1. The van der Waals surface area contributed by atoms with Crippen LogP contribution < -0.4 is 5.32 Å². The minimum absolute atomic E-state index is 0.112. The fraction of sp³-hybridized carbons (Fsp3) is 0.562. The number of nitrogens with one attached hydrogen (secondary N) is 1. The largest absolute Gasteiger partial charge is 0.461 e. The van der Waals surface area contributed by atoms with E-state index in [9.17, 15) is 4.79 Å². The van der Waals surface area contributed by atoms with Crippen LogP contribution in [0.4, 0.5) is 5.69 Å². The topological polar surface area (TPSA) is 38.3 Å². The maximum atomic E-state index is 11.8. The van der Waals surface area contributed by atoms with Crippen molar-refractivity contribution in [3.8, 4) is 0 Å². The number of hydrogen-bond acceptors (Lipinski definition) is 3. The Morgan fingerprint density at radius 2 is 1.95 bits per heavy atom. The summed E-state index contributed by atoms with van der Waals surface area (Å²) in [5.41, 5.74) is 2.17. The van der Waals surface area contributed by atoms with Crippen molar-refractivity contribution in [1.82, 2.24) is 0 Å². The zero-order valence-electron chi connectivity index (χ0n) is 11.8. The summed E-state index contributed by atoms with van der Waals surface area (Å²) in [6.45, 7) is 4.46. The third-order valence-electron chi connectivity index (χ3n) is 3.80. The highest BCUT2D eigenvalue weighted by atomic mass is 16.5. The first-order chi connectivity index (χ1) is 9.15. The molecule has 1 aliphatic rings. The molecule has 0 spiro atoms. The molecule has 0 amide bonds. The predicted molar refractivity (Wildman–Crippen MR) is 77.2 cm³/mol. The van der Waals surface area contributed by atoms with Crippen molar-refractivity contribution in [2.75, 3.05) is 11.9 Å². The SMILES string of the molecule is Cc1ccc(NCC(=O)OC2CCCCC2C)cc1. The molecule has 0 saturated heterocycles. The molecular formula is C16H23NO2. The maximum absolute atomic E-state index is 11.8. The molecule has 2 rings (SSSR count). The van der Waals surface area contributed by atoms with Crippen LogP contribution in [0.1, 0.15) is 38.2 Å². The average Bonchev–Trinajstić information content (AvgIpc) is 2.41. The molecular weight excluding hydrogens is 238 g/mol. The van der Waals surface area contributed by atoms with Gasteiger partial charge in [0.1, 0.15) is 12.6 Å². The lowest BCUT2D eigenvalue weighted by molar-refractivity contribution is -0.150. The molecule has 0 radical (unpaired) electrons. The lowest BCUT2D eigenvalue weighted by Crippen LogP contribution is -2.30. The molecule has 3 nitrogen and oxygen atoms in total. The van der Waals surface area contributed by atoms with E-state index in [0.717, 1.165) is 12.1 Å². The number of carbonyl (C=O) groups excluding carboxylic acids is 1. The molecule has 1 aliphatic carbocycles. The Bertz CT molecular complexity index is 413. The van der Waals surface area contributed by atoms with Crippen LogP contribution in [-0.2, 0) is 9.53 Å². The summed E-state index contributed by atoms with van der Waals surface area (Å²) in [4.78, 5) is 11.8. The number of hydrogen-bond donors (Lipinski definition) is 1. The van der Waals surface area contributed by atoms with Gasteiger partial charge in [-0.1, -0.05) is 31.0 Å². The van der Waals surface area contributed by atoms with E-state index in [-0.39, 0.29) is 18.6 Å². The van der Waals surface area contributed by atoms with E-state index in [1.54, 1.807) is 0 Å². The van der Waals surface area contributed by atoms with Crippen LogP contribution in [0.2, 0.25) is 0 Å². The van der Waals surface area contributed by atoms with Gasteiger partial charge in [0.2, 0.25) is 0 Å². The summed E-state index contributed by atoms with van der Waals surface area (Å²) in [6.07, 6.45) is 4.73. The normalized spacial score (nSPS) is 22.8. The number of anilines is 1. The molecule has 1 saturated carbocycles. The fourth-order valence-corrected chi connectivity index (χ4v) is 2.51. The maximum Gasteiger partial charge on any atom is 0.325 e. The summed E-state index contributed by atoms with van der Waals surface area (Å²) < 4.78 is 5.55. The van der Waals surface area contributed by atoms with Gasteiger partial charge in [0.15, 0.2) is 0 Å². The summed E-state index contributed by atoms with van der Waals surface area (Å²) in [5.74, 6) is 0.344. The van der Waals surface area contributed by atoms with Crippen LogP contribution in [0, 0.1) is 12.8 Å². The Kier molecular flexibility index (Phi) is 4.83. The molecule has 1 fully saturated rings. The van der Waals surface area contributed by atoms with Crippen molar-refractivity contribution in [2.24, 2.45) is 5.92 Å². The quantitative estimate of drug-likeness (QED) is 0.843. The fourth-order valence-electron chi connectivity index (χ4n) is 2.51. The van der Waals surface area contributed by atoms with Crippen molar-refractivity contribution in [3.63, 3.8) is 0 Å². The zero-order valence-corrected chi connectivity index (χ0v) is 11.8. The van der Waals surface area contributed by atoms with Gasteiger partial charge in [-0.15, -0.1) is 0 Å². The van der Waals surface area contributed by atoms with Gasteiger partial charge < -0.3 is 10.1 Å². The number of ether oxygens (including phenoxy) is 1. The van der Waals surface area contributed by atoms with Gasteiger partial charge in [-0.05, 0) is 44.2 Å². The van der Waals surface area contributed by atoms with Gasteiger partial charge in [-0.25, -0.2) is 0 Å². The Morgan fingerprint density at radius 3 is 2.63 bits per heavy atom. The number of esters is 1. The van der Waals surface area contributed by atoms with Gasteiger partial charge in [0.05, 0.1) is 0 Å². The number of carbonyl (C=O) groups is 1. The highest BCUT2D eigenvalue weighted by Gasteiger charge is 2.24. The van der Waals surface area contributed by atoms with Crippen LogP contribution in [0.3, 0.4) is 0 Å². The summed E-state index contributed by atoms with van der Waals surface area (Å²) in [5, 5.41) is 3.10. The van der Waals surface area contributed by atoms with E-state index in [1.165, 1.54) is 24.8 Å². The van der Waals surface area contributed by atoms with Crippen LogP contribution in [-0.4, -0.2) is 18.6 Å². The average molecular weight is 261 g/mol. The predicted octanol–water partition coefficient (Wildman–Crippen LogP) is 3.53. The van der Waals surface area contributed by atoms with Gasteiger partial charge in [-0.2, -0.15) is 0 Å². The summed E-state index contributed by atoms with van der Waals surface area (Å²) >= 11 is 0. The molecule has 0 bridgehead atoms. The molecule has 0 aromatic heterocycles. The van der Waals surface area contributed by atoms with E-state index >= 15 is 0 Å². The second-order valence-corrected chi connectivity index (χ2v) is 5.51. The highest BCUT2D eigenvalue weighted by molar-refractivity contribution is 5.75. The first-order valence-corrected chi connectivity index (χ1v) is 7.15. The molecule has 2 unspecified atom stereocenters. The minimum Gasteiger partial charge on any atom is -0.461 e. The van der Waals surface area contributed by atoms with E-state index in [4.69, 9.17) is 4.74 Å². The standard InChI is InChI=1S/C16H23NO2/c1-12-7-9-14(10-8-12)17-11-16(18)19-15-6-4-3-5-13(15)2/h7-10,13,15,17H,3-6,11H2,1-2H3. The third kappa shape index (κ3) is 4.27. The van der Waals surface area contributed by atoms with Crippen LogP contribution >= 0.6 is 0 Å². The van der Waals surface area contributed by atoms with Gasteiger partial charge >= 0.3 is 5.97 Å². The van der Waals surface area contributed by atoms with E-state index in [0.29, 0.717) is 5.92 Å². The van der Waals surface area contributed by atoms with E-state index in [1.807, 2.05) is 31.2 Å². The zero-order chi connectivity index (χ0) is 13.7. The van der Waals surface area contributed by atoms with Crippen molar-refractivity contribution < 1.29 is 9.53 Å². The molecule has 0 aliphatic heterocycles. The van der Waals surface area contributed by atoms with Crippen molar-refractivity contribution in [1.29, 1.82) is 0 Å². The molecule has 0 heterocycles. The van der Waals surface area contributed by atoms with Crippen molar-refractivity contribution in [2.45, 2.75) is 45.6 Å². The number of aryl methyl sites for hydroxylation is 1. The smallest absolute Gasteiger partial charge is 0.325 e. The molecule has 104 valence electrons. The van der Waals surface area contributed by atoms with Gasteiger partial charge in [0, 0.05) is 5.69 Å². The first-order valence-electron chi connectivity index (χ1n) is 7.15. The van der Waals surface area contributed by atoms with Crippen molar-refractivity contribution in [3.05, 3.63) is 29.8 Å². The number of rotatable bonds is 4. The third-order valence-corrected chi connectivity index (χ3v) is 3.80. The van der Waals surface area contributed by atoms with Crippen LogP contribution in [0.5, 0.6) is 0 Å². The van der Waals surface area contributed by atoms with E-state index < -0.39 is 0 Å². The van der Waals surface area contributed by atoms with Crippen molar-refractivity contribution >= 4 is 11.7 Å². The van der Waals surface area contributed by atoms with Crippen LogP contribution in [0.15, 0.2) is 24.3 Å². The monoisotopic (exact) mass is 261 g/mol. The van der Waals surface area contributed by atoms with Gasteiger partial charge in [-0.3, -0.25) is 4.79 Å². The molecule has 19 heavy (non-hydrogen) atoms. The lowest BCUT2D eigenvalue weighted by Gasteiger charge is -2.28. The van der Waals surface area contributed by atoms with Crippen LogP contribution in [0.25, 0.3) is 0 Å². The second-order valence-electron chi connectivity index (χ2n) is 5.51. The molecule has 1 N–H and O–H groups in total. The lowest BCUT2D eigenvalue weighted by atomic mass is 9.88. The minimum atomic E-state index is -0.153. The Hall–Kier alpha value is -1.51. The molecule has 2 atom stereocenters. The molecule has 1 aromatic carbocycles. The Labute approximate surface area is 115 Å². The van der Waals surface area contributed by atoms with E-state index in [2.05, 4.69) is 12.2 Å². The highest BCUT2D eigenvalue weighted by Crippen LogP contribution is 2.26. The molecule has 1 aromatic rings. The second kappa shape index (κ2) is 6.60. The Morgan fingerprint density at radius 1 is 1.26 bits per heavy atom. The summed E-state index contributed by atoms with van der Waals surface area (Å²) in [6, 6.07) is 8.01. The Balaban J connectivity index is 1.76. The first kappa shape index (κ1) is 13.9.